The van der Waals surface area contributed by atoms with E-state index in [9.17, 15) is 52.8 Å². The number of nitrogens with two attached hydrogens (primary N) is 1. The summed E-state index contributed by atoms with van der Waals surface area (Å²) in [6.45, 7) is 29.7. The van der Waals surface area contributed by atoms with Gasteiger partial charge >= 0.3 is 43.9 Å². The van der Waals surface area contributed by atoms with Crippen molar-refractivity contribution in [1.82, 2.24) is 27.4 Å². The van der Waals surface area contributed by atoms with E-state index >= 15 is 0 Å². The summed E-state index contributed by atoms with van der Waals surface area (Å²) in [4.78, 5) is 49.5. The van der Waals surface area contributed by atoms with E-state index in [-0.39, 0.29) is 50.8 Å². The lowest BCUT2D eigenvalue weighted by Crippen LogP contribution is -2.51. The van der Waals surface area contributed by atoms with Gasteiger partial charge in [-0.1, -0.05) is 0 Å². The highest BCUT2D eigenvalue weighted by Gasteiger charge is 2.34. The highest BCUT2D eigenvalue weighted by Crippen LogP contribution is 2.19. The number of nitriles is 2. The van der Waals surface area contributed by atoms with Crippen molar-refractivity contribution in [1.29, 1.82) is 10.5 Å². The predicted octanol–water partition coefficient (Wildman–Crippen LogP) is 4.55. The molecule has 0 aliphatic carbocycles. The Labute approximate surface area is 415 Å². The Kier molecular flexibility index (Phi) is 29.9. The number of nitrogens with zero attached hydrogens (tertiary/aromatic N) is 8. The number of carbonyl (C=O) groups excluding carboxylic acids is 4. The summed E-state index contributed by atoms with van der Waals surface area (Å²) in [5.41, 5.74) is 2.09. The van der Waals surface area contributed by atoms with Gasteiger partial charge in [-0.05, 0) is 89.5 Å². The summed E-state index contributed by atoms with van der Waals surface area (Å²) in [6, 6.07) is 3.87. The number of nitrogens with one attached hydrogen (secondary N) is 2. The first-order chi connectivity index (χ1) is 30.8. The smallest absolute Gasteiger partial charge is 0.446 e. The molecule has 4 aliphatic heterocycles. The molecule has 0 aromatic carbocycles. The second kappa shape index (κ2) is 30.4. The molecule has 4 aliphatic rings. The van der Waals surface area contributed by atoms with Crippen molar-refractivity contribution in [2.45, 2.75) is 78.9 Å². The molecule has 0 saturated carbocycles. The summed E-state index contributed by atoms with van der Waals surface area (Å²) < 4.78 is 118. The monoisotopic (exact) mass is 1100 g/mol. The van der Waals surface area contributed by atoms with Crippen LogP contribution in [0.25, 0.3) is 9.69 Å². The number of amides is 3. The lowest BCUT2D eigenvalue weighted by Gasteiger charge is -2.32. The molecule has 0 bridgehead atoms. The SMILES string of the molecule is CC(C)(C)OC(=O)NS(=O)(=O)Cl.CC(C)OC(=O)N1CC(=CC#N)C1.Cl.N#CC=C1CN(Cl)C1.O=CC(F)(F)F.[C-]#[N+]C=C1CN(S(=O)(=O)NC(=O)OC(C)(C)C)C1.[C-]#[N+]C=C1CN(S(N)(=O)=O)C1. The van der Waals surface area contributed by atoms with Gasteiger partial charge in [0, 0.05) is 75.2 Å². The van der Waals surface area contributed by atoms with Crippen LogP contribution >= 0.6 is 34.9 Å². The average Bonchev–Trinajstić information content (AvgIpc) is 3.05. The number of hydrogen-bond acceptors (Lipinski definition) is 16. The molecule has 4 saturated heterocycles. The third kappa shape index (κ3) is 34.7. The number of allylic oxidation sites excluding steroid dienone is 2. The first kappa shape index (κ1) is 68.0. The minimum atomic E-state index is -4.64. The first-order valence-electron chi connectivity index (χ1n) is 18.7. The van der Waals surface area contributed by atoms with E-state index in [1.54, 1.807) is 56.9 Å². The number of aldehydes is 1. The van der Waals surface area contributed by atoms with Crippen molar-refractivity contribution >= 4 is 89.1 Å². The number of rotatable bonds is 5. The Morgan fingerprint density at radius 3 is 1.41 bits per heavy atom. The molecule has 0 spiro atoms. The van der Waals surface area contributed by atoms with Gasteiger partial charge in [-0.15, -0.1) is 12.4 Å². The Balaban J connectivity index is -0.000000778. The maximum Gasteiger partial charge on any atom is 0.446 e. The van der Waals surface area contributed by atoms with Gasteiger partial charge in [-0.2, -0.15) is 57.6 Å². The zero-order chi connectivity index (χ0) is 53.5. The molecule has 4 fully saturated rings. The minimum Gasteiger partial charge on any atom is -0.447 e. The maximum atomic E-state index is 11.7. The number of ether oxygens (including phenoxy) is 3. The van der Waals surface area contributed by atoms with Crippen LogP contribution in [0.3, 0.4) is 0 Å². The van der Waals surface area contributed by atoms with E-state index in [0.717, 1.165) is 38.4 Å². The van der Waals surface area contributed by atoms with Crippen LogP contribution in [0.15, 0.2) is 46.8 Å². The van der Waals surface area contributed by atoms with Crippen LogP contribution in [0.4, 0.5) is 27.6 Å². The fourth-order valence-corrected chi connectivity index (χ4v) is 6.47. The highest BCUT2D eigenvalue weighted by atomic mass is 35.7. The Bertz CT molecular complexity index is 2400. The molecule has 4 rings (SSSR count). The summed E-state index contributed by atoms with van der Waals surface area (Å²) in [5, 5.41) is 21.2. The van der Waals surface area contributed by atoms with Crippen LogP contribution in [-0.2, 0) is 48.7 Å². The van der Waals surface area contributed by atoms with Crippen molar-refractivity contribution in [2.75, 3.05) is 52.4 Å². The molecule has 0 atom stereocenters. The average molecular weight is 1110 g/mol. The van der Waals surface area contributed by atoms with Gasteiger partial charge in [-0.25, -0.2) is 43.1 Å². The number of carbonyl (C=O) groups is 4. The first-order valence-corrected chi connectivity index (χ1v) is 24.3. The molecule has 0 aromatic rings. The molecular weight excluding hydrogens is 1050 g/mol. The second-order valence-corrected chi connectivity index (χ2v) is 21.6. The minimum absolute atomic E-state index is 0. The highest BCUT2D eigenvalue weighted by molar-refractivity contribution is 8.12. The number of alkyl halides is 3. The molecule has 4 heterocycles. The summed E-state index contributed by atoms with van der Waals surface area (Å²) in [7, 11) is -6.74. The fraction of sp³-hybridized carbons (Fsp3) is 0.556. The summed E-state index contributed by atoms with van der Waals surface area (Å²) >= 11 is 5.46. The molecule has 0 unspecified atom stereocenters. The topological polar surface area (TPSA) is 318 Å². The Morgan fingerprint density at radius 2 is 1.12 bits per heavy atom. The van der Waals surface area contributed by atoms with Gasteiger partial charge in [0.2, 0.25) is 6.29 Å². The zero-order valence-corrected chi connectivity index (χ0v) is 42.9. The van der Waals surface area contributed by atoms with Crippen LogP contribution in [0.1, 0.15) is 55.4 Å². The number of halogens is 6. The molecule has 33 heteroatoms. The molecule has 388 valence electrons. The van der Waals surface area contributed by atoms with Crippen molar-refractivity contribution in [3.8, 4) is 12.1 Å². The van der Waals surface area contributed by atoms with Gasteiger partial charge in [0.1, 0.15) is 11.2 Å². The lowest BCUT2D eigenvalue weighted by molar-refractivity contribution is -0.156. The molecule has 69 heavy (non-hydrogen) atoms. The van der Waals surface area contributed by atoms with Crippen molar-refractivity contribution in [3.63, 3.8) is 0 Å². The fourth-order valence-electron chi connectivity index (χ4n) is 3.99. The maximum absolute atomic E-state index is 11.7. The van der Waals surface area contributed by atoms with Crippen LogP contribution in [0.5, 0.6) is 0 Å². The van der Waals surface area contributed by atoms with Gasteiger partial charge in [0.05, 0.1) is 31.4 Å². The van der Waals surface area contributed by atoms with E-state index in [4.69, 9.17) is 65.5 Å². The Morgan fingerprint density at radius 1 is 0.754 bits per heavy atom. The van der Waals surface area contributed by atoms with Gasteiger partial charge in [0.15, 0.2) is 12.4 Å². The molecule has 0 radical (unpaired) electrons. The Hall–Kier alpha value is -5.25. The summed E-state index contributed by atoms with van der Waals surface area (Å²) in [5.74, 6) is 0. The van der Waals surface area contributed by atoms with Crippen LogP contribution < -0.4 is 14.6 Å². The largest absolute Gasteiger partial charge is 0.447 e. The van der Waals surface area contributed by atoms with Crippen molar-refractivity contribution in [2.24, 2.45) is 5.14 Å². The van der Waals surface area contributed by atoms with Crippen molar-refractivity contribution < 1.29 is 71.8 Å². The third-order valence-electron chi connectivity index (χ3n) is 6.73. The zero-order valence-electron chi connectivity index (χ0n) is 38.1. The van der Waals surface area contributed by atoms with Crippen LogP contribution in [-0.4, -0.2) is 144 Å². The molecule has 24 nitrogen and oxygen atoms in total. The second-order valence-electron chi connectivity index (χ2n) is 15.7. The quantitative estimate of drug-likeness (QED) is 0.0849. The third-order valence-corrected chi connectivity index (χ3v) is 9.95. The van der Waals surface area contributed by atoms with E-state index < -0.39 is 65.5 Å². The van der Waals surface area contributed by atoms with Gasteiger partial charge in [0.25, 0.3) is 10.2 Å². The molecule has 0 aromatic heterocycles. The normalized spacial score (nSPS) is 15.4. The molecule has 3 amide bonds. The standard InChI is InChI=1S/C10H15N3O4S.C9H12N2O2.C5H5ClN2.C5H10ClNO4S.C5H7N3O2S.C2HF3O.ClH/c1-10(2,3)17-9(14)12-18(15,16)13-6-8(7-13)5-11-4;1-7(2)13-9(12)11-5-8(6-11)3-4-10;6-8-3-5(4-8)1-2-7;1-5(2,3)11-4(8)7-12(6,9)10;1-7-2-5-3-8(4-5)11(6,9)10;3-2(4,5)1-6;/h5H,6-7H2,1-3H3,(H,12,14);3,7H,5-6H2,1-2H3;1H,3-4H2;1-3H3,(H,7,8);2H,3-4H2,(H2,6,9,10);1H;1H. The van der Waals surface area contributed by atoms with E-state index in [1.165, 1.54) is 23.2 Å². The number of hydrogen-bond donors (Lipinski definition) is 3. The van der Waals surface area contributed by atoms with Crippen molar-refractivity contribution in [3.05, 3.63) is 69.7 Å². The van der Waals surface area contributed by atoms with Gasteiger partial charge in [-0.3, -0.25) is 4.79 Å². The lowest BCUT2D eigenvalue weighted by atomic mass is 10.1. The van der Waals surface area contributed by atoms with Gasteiger partial charge < -0.3 is 19.1 Å². The van der Waals surface area contributed by atoms with E-state index in [1.807, 2.05) is 30.7 Å². The van der Waals surface area contributed by atoms with E-state index in [0.29, 0.717) is 18.7 Å². The molecule has 4 N–H and O–H groups in total. The van der Waals surface area contributed by atoms with Crippen LogP contribution in [0.2, 0.25) is 0 Å². The summed E-state index contributed by atoms with van der Waals surface area (Å²) in [6.07, 6.45) is -2.57. The van der Waals surface area contributed by atoms with E-state index in [2.05, 4.69) is 14.4 Å². The number of likely N-dealkylation sites (tertiary alicyclic amines) is 1. The predicted molar refractivity (Wildman–Crippen MR) is 245 cm³/mol. The van der Waals surface area contributed by atoms with Crippen LogP contribution in [0, 0.1) is 35.8 Å². The molecular formula is C36H51Cl3F3N11O13S3.